The van der Waals surface area contributed by atoms with Crippen LogP contribution in [-0.2, 0) is 0 Å². The lowest BCUT2D eigenvalue weighted by Gasteiger charge is -2.15. The summed E-state index contributed by atoms with van der Waals surface area (Å²) in [6.45, 7) is 1.92. The molecule has 4 heterocycles. The van der Waals surface area contributed by atoms with E-state index in [1.54, 1.807) is 36.9 Å². The Morgan fingerprint density at radius 2 is 1.84 bits per heavy atom. The van der Waals surface area contributed by atoms with Crippen molar-refractivity contribution in [2.45, 2.75) is 13.0 Å². The molecule has 0 saturated carbocycles. The molecule has 7 heteroatoms. The molecule has 0 fully saturated rings. The number of carbonyl (C=O) groups excluding carboxylic acids is 1. The maximum atomic E-state index is 13.4. The van der Waals surface area contributed by atoms with Crippen molar-refractivity contribution in [2.75, 3.05) is 0 Å². The Morgan fingerprint density at radius 3 is 2.58 bits per heavy atom. The first-order valence-corrected chi connectivity index (χ1v) is 9.81. The van der Waals surface area contributed by atoms with Crippen LogP contribution in [0.3, 0.4) is 0 Å². The van der Waals surface area contributed by atoms with Gasteiger partial charge in [0.05, 0.1) is 23.3 Å². The van der Waals surface area contributed by atoms with Crippen molar-refractivity contribution < 1.29 is 13.7 Å². The fourth-order valence-corrected chi connectivity index (χ4v) is 3.48. The van der Waals surface area contributed by atoms with Crippen molar-refractivity contribution >= 4 is 17.0 Å². The molecule has 7 nitrogen and oxygen atoms in total. The monoisotopic (exact) mass is 410 g/mol. The van der Waals surface area contributed by atoms with E-state index in [0.29, 0.717) is 28.1 Å². The molecule has 0 radical (unpaired) electrons. The van der Waals surface area contributed by atoms with Gasteiger partial charge in [-0.05, 0) is 42.8 Å². The number of hydrogen-bond acceptors (Lipinski definition) is 6. The van der Waals surface area contributed by atoms with Crippen molar-refractivity contribution in [3.8, 4) is 22.7 Å². The Morgan fingerprint density at radius 1 is 1.03 bits per heavy atom. The first kappa shape index (κ1) is 18.7. The third-order valence-electron chi connectivity index (χ3n) is 5.07. The van der Waals surface area contributed by atoms with Crippen LogP contribution in [0.4, 0.5) is 0 Å². The summed E-state index contributed by atoms with van der Waals surface area (Å²) in [5, 5.41) is 7.82. The lowest BCUT2D eigenvalue weighted by Crippen LogP contribution is -2.27. The van der Waals surface area contributed by atoms with Crippen LogP contribution < -0.4 is 5.32 Å². The first-order valence-electron chi connectivity index (χ1n) is 9.81. The minimum absolute atomic E-state index is 0.217. The second-order valence-corrected chi connectivity index (χ2v) is 7.09. The Balaban J connectivity index is 1.63. The quantitative estimate of drug-likeness (QED) is 0.436. The molecule has 31 heavy (non-hydrogen) atoms. The van der Waals surface area contributed by atoms with Gasteiger partial charge in [0, 0.05) is 18.0 Å². The van der Waals surface area contributed by atoms with Gasteiger partial charge in [0.2, 0.25) is 0 Å². The maximum absolute atomic E-state index is 13.4. The van der Waals surface area contributed by atoms with Gasteiger partial charge < -0.3 is 14.3 Å². The molecule has 0 saturated heterocycles. The second-order valence-electron chi connectivity index (χ2n) is 7.09. The van der Waals surface area contributed by atoms with Crippen molar-refractivity contribution in [2.24, 2.45) is 0 Å². The number of fused-ring (bicyclic) bond motifs is 1. The lowest BCUT2D eigenvalue weighted by atomic mass is 10.0. The summed E-state index contributed by atoms with van der Waals surface area (Å²) in [6, 6.07) is 18.3. The summed E-state index contributed by atoms with van der Waals surface area (Å²) in [4.78, 5) is 22.0. The Bertz CT molecular complexity index is 1330. The van der Waals surface area contributed by atoms with E-state index in [2.05, 4.69) is 20.4 Å². The minimum atomic E-state index is -0.259. The van der Waals surface area contributed by atoms with Crippen LogP contribution in [0.1, 0.15) is 28.9 Å². The van der Waals surface area contributed by atoms with E-state index in [1.807, 2.05) is 49.4 Å². The SMILES string of the molecule is CC(NC(=O)c1cc(-c2ccco2)nc2onc(-c3ccccc3)c12)c1ccncc1. The molecular formula is C24H18N4O3. The lowest BCUT2D eigenvalue weighted by molar-refractivity contribution is 0.0941. The van der Waals surface area contributed by atoms with Crippen LogP contribution in [0.25, 0.3) is 33.8 Å². The van der Waals surface area contributed by atoms with Gasteiger partial charge in [-0.25, -0.2) is 4.98 Å². The molecule has 5 rings (SSSR count). The van der Waals surface area contributed by atoms with Gasteiger partial charge in [-0.3, -0.25) is 9.78 Å². The molecule has 1 aromatic carbocycles. The number of amides is 1. The zero-order valence-electron chi connectivity index (χ0n) is 16.6. The van der Waals surface area contributed by atoms with Crippen LogP contribution >= 0.6 is 0 Å². The van der Waals surface area contributed by atoms with Gasteiger partial charge >= 0.3 is 0 Å². The molecule has 5 aromatic rings. The van der Waals surface area contributed by atoms with E-state index < -0.39 is 0 Å². The molecule has 152 valence electrons. The summed E-state index contributed by atoms with van der Waals surface area (Å²) in [5.74, 6) is 0.278. The molecule has 0 aliphatic heterocycles. The van der Waals surface area contributed by atoms with Crippen LogP contribution in [0.15, 0.2) is 88.3 Å². The average molecular weight is 410 g/mol. The van der Waals surface area contributed by atoms with E-state index >= 15 is 0 Å². The molecule has 0 bridgehead atoms. The van der Waals surface area contributed by atoms with Crippen molar-refractivity contribution in [1.82, 2.24) is 20.4 Å². The number of aromatic nitrogens is 3. The van der Waals surface area contributed by atoms with E-state index in [1.165, 1.54) is 0 Å². The van der Waals surface area contributed by atoms with Gasteiger partial charge in [-0.2, -0.15) is 0 Å². The average Bonchev–Trinajstić information content (AvgIpc) is 3.50. The van der Waals surface area contributed by atoms with Crippen molar-refractivity contribution in [1.29, 1.82) is 0 Å². The first-order chi connectivity index (χ1) is 15.2. The highest BCUT2D eigenvalue weighted by molar-refractivity contribution is 6.10. The summed E-state index contributed by atoms with van der Waals surface area (Å²) in [5.41, 5.74) is 3.54. The van der Waals surface area contributed by atoms with E-state index in [9.17, 15) is 4.79 Å². The second kappa shape index (κ2) is 7.87. The van der Waals surface area contributed by atoms with E-state index in [4.69, 9.17) is 8.94 Å². The number of furan rings is 1. The Kier molecular flexibility index (Phi) is 4.76. The summed E-state index contributed by atoms with van der Waals surface area (Å²) >= 11 is 0. The molecule has 1 amide bonds. The predicted molar refractivity (Wildman–Crippen MR) is 115 cm³/mol. The highest BCUT2D eigenvalue weighted by Gasteiger charge is 2.23. The number of nitrogens with one attached hydrogen (secondary N) is 1. The van der Waals surface area contributed by atoms with Crippen molar-refractivity contribution in [3.63, 3.8) is 0 Å². The van der Waals surface area contributed by atoms with Crippen LogP contribution in [0.5, 0.6) is 0 Å². The summed E-state index contributed by atoms with van der Waals surface area (Å²) < 4.78 is 11.0. The van der Waals surface area contributed by atoms with Crippen LogP contribution in [0, 0.1) is 0 Å². The smallest absolute Gasteiger partial charge is 0.259 e. The number of carbonyl (C=O) groups is 1. The molecular weight excluding hydrogens is 392 g/mol. The molecule has 1 atom stereocenters. The topological polar surface area (TPSA) is 94.1 Å². The fourth-order valence-electron chi connectivity index (χ4n) is 3.48. The standard InChI is InChI=1S/C24H18N4O3/c1-15(16-9-11-25-12-10-16)26-23(29)18-14-19(20-8-5-13-30-20)27-24-21(18)22(28-31-24)17-6-3-2-4-7-17/h2-15H,1H3,(H,26,29). The normalized spacial score (nSPS) is 12.0. The van der Waals surface area contributed by atoms with Gasteiger partial charge in [-0.15, -0.1) is 0 Å². The zero-order valence-corrected chi connectivity index (χ0v) is 16.6. The molecule has 0 spiro atoms. The Labute approximate surface area is 177 Å². The predicted octanol–water partition coefficient (Wildman–Crippen LogP) is 5.04. The highest BCUT2D eigenvalue weighted by Crippen LogP contribution is 2.33. The number of nitrogens with zero attached hydrogens (tertiary/aromatic N) is 3. The summed E-state index contributed by atoms with van der Waals surface area (Å²) in [6.07, 6.45) is 4.96. The minimum Gasteiger partial charge on any atom is -0.463 e. The largest absolute Gasteiger partial charge is 0.463 e. The third kappa shape index (κ3) is 3.57. The van der Waals surface area contributed by atoms with Gasteiger partial charge in [0.15, 0.2) is 5.76 Å². The molecule has 0 aliphatic carbocycles. The van der Waals surface area contributed by atoms with E-state index in [0.717, 1.165) is 11.1 Å². The highest BCUT2D eigenvalue weighted by atomic mass is 16.5. The van der Waals surface area contributed by atoms with Gasteiger partial charge in [0.25, 0.3) is 11.6 Å². The third-order valence-corrected chi connectivity index (χ3v) is 5.07. The molecule has 4 aromatic heterocycles. The van der Waals surface area contributed by atoms with E-state index in [-0.39, 0.29) is 17.7 Å². The fraction of sp³-hybridized carbons (Fsp3) is 0.0833. The number of rotatable bonds is 5. The number of hydrogen-bond donors (Lipinski definition) is 1. The number of pyridine rings is 2. The van der Waals surface area contributed by atoms with Crippen LogP contribution in [0.2, 0.25) is 0 Å². The maximum Gasteiger partial charge on any atom is 0.259 e. The van der Waals surface area contributed by atoms with Gasteiger partial charge in [-0.1, -0.05) is 35.5 Å². The Hall–Kier alpha value is -4.26. The van der Waals surface area contributed by atoms with Crippen molar-refractivity contribution in [3.05, 3.63) is 90.4 Å². The molecule has 1 unspecified atom stereocenters. The summed E-state index contributed by atoms with van der Waals surface area (Å²) in [7, 11) is 0. The molecule has 1 N–H and O–H groups in total. The molecule has 0 aliphatic rings. The van der Waals surface area contributed by atoms with Crippen LogP contribution in [-0.4, -0.2) is 21.0 Å². The number of benzene rings is 1. The zero-order chi connectivity index (χ0) is 21.2. The van der Waals surface area contributed by atoms with Gasteiger partial charge in [0.1, 0.15) is 11.4 Å².